The van der Waals surface area contributed by atoms with E-state index in [1.165, 1.54) is 11.3 Å². The number of hydrogen-bond donors (Lipinski definition) is 2. The zero-order chi connectivity index (χ0) is 26.2. The van der Waals surface area contributed by atoms with Crippen LogP contribution in [0.2, 0.25) is 0 Å². The lowest BCUT2D eigenvalue weighted by atomic mass is 9.78. The van der Waals surface area contributed by atoms with E-state index in [-0.39, 0.29) is 5.56 Å². The van der Waals surface area contributed by atoms with Gasteiger partial charge in [0.15, 0.2) is 0 Å². The number of benzene rings is 2. The van der Waals surface area contributed by atoms with Crippen molar-refractivity contribution in [2.24, 2.45) is 0 Å². The molecular formula is C30H36N4O3. The highest BCUT2D eigenvalue weighted by Crippen LogP contribution is 2.39. The third kappa shape index (κ3) is 4.72. The lowest BCUT2D eigenvalue weighted by molar-refractivity contribution is 0.0115. The van der Waals surface area contributed by atoms with E-state index in [2.05, 4.69) is 59.8 Å². The van der Waals surface area contributed by atoms with Crippen LogP contribution in [0.3, 0.4) is 0 Å². The Morgan fingerprint density at radius 3 is 2.51 bits per heavy atom. The predicted octanol–water partition coefficient (Wildman–Crippen LogP) is 4.93. The first kappa shape index (κ1) is 25.3. The van der Waals surface area contributed by atoms with Crippen LogP contribution in [0.1, 0.15) is 66.4 Å². The Morgan fingerprint density at radius 1 is 1.14 bits per heavy atom. The molecule has 7 heteroatoms. The summed E-state index contributed by atoms with van der Waals surface area (Å²) in [5.41, 5.74) is 5.19. The topological polar surface area (TPSA) is 92.6 Å². The first-order valence-corrected chi connectivity index (χ1v) is 13.3. The van der Waals surface area contributed by atoms with E-state index in [9.17, 15) is 15.2 Å². The van der Waals surface area contributed by atoms with Crippen molar-refractivity contribution in [1.29, 1.82) is 5.26 Å². The molecule has 0 aliphatic carbocycles. The molecule has 7 nitrogen and oxygen atoms in total. The number of rotatable bonds is 6. The summed E-state index contributed by atoms with van der Waals surface area (Å²) in [7, 11) is 0. The van der Waals surface area contributed by atoms with E-state index in [0.29, 0.717) is 28.2 Å². The Hall–Kier alpha value is -3.34. The molecule has 0 spiro atoms. The molecule has 2 aliphatic rings. The monoisotopic (exact) mass is 500 g/mol. The number of nitrogens with one attached hydrogen (secondary N) is 1. The van der Waals surface area contributed by atoms with Crippen molar-refractivity contribution in [2.45, 2.75) is 51.5 Å². The summed E-state index contributed by atoms with van der Waals surface area (Å²) >= 11 is 0. The largest absolute Gasteiger partial charge is 0.478 e. The van der Waals surface area contributed by atoms with E-state index < -0.39 is 11.4 Å². The molecule has 1 aromatic heterocycles. The van der Waals surface area contributed by atoms with Crippen molar-refractivity contribution in [3.63, 3.8) is 0 Å². The number of anilines is 1. The highest BCUT2D eigenvalue weighted by atomic mass is 16.5. The van der Waals surface area contributed by atoms with Gasteiger partial charge in [-0.3, -0.25) is 4.90 Å². The van der Waals surface area contributed by atoms with Crippen molar-refractivity contribution < 1.29 is 14.6 Å². The minimum Gasteiger partial charge on any atom is -0.478 e. The molecule has 37 heavy (non-hydrogen) atoms. The molecule has 2 aromatic carbocycles. The lowest BCUT2D eigenvalue weighted by Crippen LogP contribution is -2.49. The predicted molar refractivity (Wildman–Crippen MR) is 146 cm³/mol. The number of carboxylic acid groups (broad SMARTS) is 1. The molecule has 0 saturated carbocycles. The second-order valence-electron chi connectivity index (χ2n) is 10.7. The number of aromatic nitrogens is 1. The number of fused-ring (bicyclic) bond motifs is 1. The SMILES string of the molecule is CCc1ccc(C(C)(C)c2[nH]c3cc(C#N)ccc3c2C(=O)O)cc1N1CCC(N2CCOCC2)CC1. The van der Waals surface area contributed by atoms with E-state index in [4.69, 9.17) is 4.74 Å². The van der Waals surface area contributed by atoms with Gasteiger partial charge in [-0.2, -0.15) is 5.26 Å². The summed E-state index contributed by atoms with van der Waals surface area (Å²) in [6, 6.07) is 14.5. The average Bonchev–Trinajstić information content (AvgIpc) is 3.33. The summed E-state index contributed by atoms with van der Waals surface area (Å²) in [5.74, 6) is -0.963. The summed E-state index contributed by atoms with van der Waals surface area (Å²) in [4.78, 5) is 20.9. The number of carbonyl (C=O) groups is 1. The van der Waals surface area contributed by atoms with Crippen LogP contribution < -0.4 is 4.90 Å². The number of hydrogen-bond acceptors (Lipinski definition) is 5. The van der Waals surface area contributed by atoms with Gasteiger partial charge in [0, 0.05) is 59.9 Å². The number of nitriles is 1. The number of aryl methyl sites for hydroxylation is 1. The minimum atomic E-state index is -0.963. The number of aromatic amines is 1. The highest BCUT2D eigenvalue weighted by Gasteiger charge is 2.33. The fourth-order valence-corrected chi connectivity index (χ4v) is 6.06. The van der Waals surface area contributed by atoms with Gasteiger partial charge < -0.3 is 19.7 Å². The number of nitrogens with zero attached hydrogens (tertiary/aromatic N) is 3. The van der Waals surface area contributed by atoms with Crippen LogP contribution in [0.15, 0.2) is 36.4 Å². The van der Waals surface area contributed by atoms with Crippen molar-refractivity contribution in [2.75, 3.05) is 44.3 Å². The molecule has 3 heterocycles. The summed E-state index contributed by atoms with van der Waals surface area (Å²) in [6.45, 7) is 12.1. The summed E-state index contributed by atoms with van der Waals surface area (Å²) in [5, 5.41) is 20.1. The molecule has 0 unspecified atom stereocenters. The van der Waals surface area contributed by atoms with E-state index in [1.807, 2.05) is 0 Å². The van der Waals surface area contributed by atoms with Gasteiger partial charge in [-0.15, -0.1) is 0 Å². The first-order valence-electron chi connectivity index (χ1n) is 13.3. The Balaban J connectivity index is 1.48. The van der Waals surface area contributed by atoms with Crippen LogP contribution in [-0.4, -0.2) is 66.4 Å². The molecule has 0 amide bonds. The summed E-state index contributed by atoms with van der Waals surface area (Å²) < 4.78 is 5.54. The number of aromatic carboxylic acids is 1. The molecule has 3 aromatic rings. The van der Waals surface area contributed by atoms with Crippen molar-refractivity contribution in [1.82, 2.24) is 9.88 Å². The fourth-order valence-electron chi connectivity index (χ4n) is 6.06. The van der Waals surface area contributed by atoms with Crippen LogP contribution >= 0.6 is 0 Å². The zero-order valence-corrected chi connectivity index (χ0v) is 22.0. The van der Waals surface area contributed by atoms with E-state index in [0.717, 1.165) is 64.2 Å². The third-order valence-electron chi connectivity index (χ3n) is 8.32. The molecule has 0 bridgehead atoms. The van der Waals surface area contributed by atoms with Crippen LogP contribution in [0.25, 0.3) is 10.9 Å². The number of ether oxygens (including phenoxy) is 1. The molecule has 0 radical (unpaired) electrons. The molecule has 2 N–H and O–H groups in total. The maximum absolute atomic E-state index is 12.4. The van der Waals surface area contributed by atoms with Gasteiger partial charge in [-0.1, -0.05) is 39.0 Å². The summed E-state index contributed by atoms with van der Waals surface area (Å²) in [6.07, 6.45) is 3.23. The second-order valence-corrected chi connectivity index (χ2v) is 10.7. The molecule has 0 atom stereocenters. The Morgan fingerprint density at radius 2 is 1.86 bits per heavy atom. The third-order valence-corrected chi connectivity index (χ3v) is 8.32. The Kier molecular flexibility index (Phi) is 6.98. The van der Waals surface area contributed by atoms with Gasteiger partial charge in [0.1, 0.15) is 0 Å². The van der Waals surface area contributed by atoms with Gasteiger partial charge in [0.25, 0.3) is 0 Å². The second kappa shape index (κ2) is 10.2. The molecule has 2 fully saturated rings. The Bertz CT molecular complexity index is 1340. The first-order chi connectivity index (χ1) is 17.8. The number of H-pyrrole nitrogens is 1. The molecule has 5 rings (SSSR count). The van der Waals surface area contributed by atoms with Crippen LogP contribution in [-0.2, 0) is 16.6 Å². The molecule has 194 valence electrons. The van der Waals surface area contributed by atoms with Crippen molar-refractivity contribution in [3.05, 3.63) is 64.3 Å². The van der Waals surface area contributed by atoms with E-state index in [1.54, 1.807) is 18.2 Å². The standard InChI is InChI=1S/C30H36N4O3/c1-4-21-6-7-22(18-26(21)34-11-9-23(10-12-34)33-13-15-37-16-14-33)30(2,3)28-27(29(35)36)24-8-5-20(19-31)17-25(24)32-28/h5-8,17-18,23,32H,4,9-16H2,1-3H3,(H,35,36). The average molecular weight is 501 g/mol. The van der Waals surface area contributed by atoms with Crippen LogP contribution in [0, 0.1) is 11.3 Å². The fraction of sp³-hybridized carbons (Fsp3) is 0.467. The number of morpholine rings is 1. The highest BCUT2D eigenvalue weighted by molar-refractivity contribution is 6.05. The van der Waals surface area contributed by atoms with Crippen LogP contribution in [0.4, 0.5) is 5.69 Å². The lowest BCUT2D eigenvalue weighted by Gasteiger charge is -2.41. The van der Waals surface area contributed by atoms with Gasteiger partial charge >= 0.3 is 5.97 Å². The number of carboxylic acids is 1. The molecule has 2 saturated heterocycles. The van der Waals surface area contributed by atoms with Gasteiger partial charge in [0.05, 0.1) is 30.4 Å². The van der Waals surface area contributed by atoms with Crippen LogP contribution in [0.5, 0.6) is 0 Å². The maximum Gasteiger partial charge on any atom is 0.338 e. The van der Waals surface area contributed by atoms with E-state index >= 15 is 0 Å². The Labute approximate surface area is 218 Å². The van der Waals surface area contributed by atoms with Gasteiger partial charge in [-0.05, 0) is 48.6 Å². The number of piperidine rings is 1. The van der Waals surface area contributed by atoms with Crippen molar-refractivity contribution in [3.8, 4) is 6.07 Å². The van der Waals surface area contributed by atoms with Gasteiger partial charge in [-0.25, -0.2) is 4.79 Å². The quantitative estimate of drug-likeness (QED) is 0.499. The van der Waals surface area contributed by atoms with Gasteiger partial charge in [0.2, 0.25) is 0 Å². The van der Waals surface area contributed by atoms with Crippen molar-refractivity contribution >= 4 is 22.6 Å². The zero-order valence-electron chi connectivity index (χ0n) is 22.0. The molecular weight excluding hydrogens is 464 g/mol. The molecule has 2 aliphatic heterocycles. The normalized spacial score (nSPS) is 17.7. The smallest absolute Gasteiger partial charge is 0.338 e. The minimum absolute atomic E-state index is 0.275. The maximum atomic E-state index is 12.4.